The summed E-state index contributed by atoms with van der Waals surface area (Å²) in [6.45, 7) is 0. The van der Waals surface area contributed by atoms with Crippen molar-refractivity contribution in [1.82, 2.24) is 0 Å². The molecule has 0 heterocycles. The molecule has 0 unspecified atom stereocenters. The molecule has 0 aliphatic rings. The summed E-state index contributed by atoms with van der Waals surface area (Å²) in [5, 5.41) is 7.83. The van der Waals surface area contributed by atoms with Crippen LogP contribution in [0.1, 0.15) is 0 Å². The Kier molecular flexibility index (Phi) is 126. The fourth-order valence-corrected chi connectivity index (χ4v) is 0. The standard InChI is InChI=1S/CH3NO2.CH4S2.3Na.S/c2-1(3)4;2-1-3;;;;/h2H2,(H,3,4);2-3H,1H2;;;;/q;;3*+1;-2. The van der Waals surface area contributed by atoms with Crippen molar-refractivity contribution in [2.45, 2.75) is 0 Å². The van der Waals surface area contributed by atoms with E-state index in [1.165, 1.54) is 0 Å². The third kappa shape index (κ3) is 155. The maximum atomic E-state index is 8.78. The van der Waals surface area contributed by atoms with Crippen LogP contribution in [0.4, 0.5) is 4.79 Å². The molecule has 52 valence electrons. The zero-order valence-corrected chi connectivity index (χ0v) is 15.5. The molecule has 0 radical (unpaired) electrons. The van der Waals surface area contributed by atoms with Crippen molar-refractivity contribution < 1.29 is 98.6 Å². The van der Waals surface area contributed by atoms with E-state index in [0.29, 0.717) is 5.08 Å². The Hall–Kier alpha value is 3.32. The maximum absolute atomic E-state index is 8.78. The summed E-state index contributed by atoms with van der Waals surface area (Å²) >= 11 is 7.31. The van der Waals surface area contributed by atoms with Crippen molar-refractivity contribution in [3.05, 3.63) is 0 Å². The average Bonchev–Trinajstić information content (AvgIpc) is 1.33. The van der Waals surface area contributed by atoms with E-state index in [9.17, 15) is 0 Å². The smallest absolute Gasteiger partial charge is 1.00 e. The Balaban J connectivity index is -0.00000000848. The second-order valence-corrected chi connectivity index (χ2v) is 1.61. The van der Waals surface area contributed by atoms with Crippen LogP contribution in [0.25, 0.3) is 0 Å². The van der Waals surface area contributed by atoms with Crippen molar-refractivity contribution in [1.29, 1.82) is 0 Å². The molecule has 11 heavy (non-hydrogen) atoms. The van der Waals surface area contributed by atoms with E-state index in [1.807, 2.05) is 0 Å². The van der Waals surface area contributed by atoms with Crippen LogP contribution in [0.5, 0.6) is 0 Å². The molecule has 0 aliphatic heterocycles. The van der Waals surface area contributed by atoms with Crippen LogP contribution in [-0.4, -0.2) is 16.3 Å². The molecular formula is C2H7NNa3O2S3+. The summed E-state index contributed by atoms with van der Waals surface area (Å²) < 4.78 is 0. The van der Waals surface area contributed by atoms with Gasteiger partial charge in [0.15, 0.2) is 0 Å². The molecule has 0 aliphatic carbocycles. The summed E-state index contributed by atoms with van der Waals surface area (Å²) in [5.74, 6) is 0. The van der Waals surface area contributed by atoms with Gasteiger partial charge in [0.2, 0.25) is 0 Å². The van der Waals surface area contributed by atoms with Gasteiger partial charge >= 0.3 is 94.8 Å². The van der Waals surface area contributed by atoms with E-state index in [1.54, 1.807) is 0 Å². The summed E-state index contributed by atoms with van der Waals surface area (Å²) in [5.41, 5.74) is 4.03. The van der Waals surface area contributed by atoms with Crippen LogP contribution >= 0.6 is 25.3 Å². The van der Waals surface area contributed by atoms with Crippen LogP contribution in [0.2, 0.25) is 0 Å². The third-order valence-corrected chi connectivity index (χ3v) is 0. The largest absolute Gasteiger partial charge is 2.00 e. The minimum atomic E-state index is -1.33. The topological polar surface area (TPSA) is 63.3 Å². The molecule has 0 bridgehead atoms. The number of carboxylic acid groups (broad SMARTS) is 1. The molecular weight excluding hydrogens is 235 g/mol. The van der Waals surface area contributed by atoms with Gasteiger partial charge < -0.3 is 24.3 Å². The molecule has 9 heteroatoms. The minimum Gasteiger partial charge on any atom is -2.00 e. The number of rotatable bonds is 0. The van der Waals surface area contributed by atoms with E-state index < -0.39 is 6.09 Å². The molecule has 3 nitrogen and oxygen atoms in total. The normalized spacial score (nSPS) is 3.82. The van der Waals surface area contributed by atoms with Gasteiger partial charge in [-0.05, 0) is 0 Å². The molecule has 0 fully saturated rings. The van der Waals surface area contributed by atoms with Gasteiger partial charge in [-0.3, -0.25) is 0 Å². The Morgan fingerprint density at radius 1 is 1.27 bits per heavy atom. The quantitative estimate of drug-likeness (QED) is 0.194. The number of hydrogen-bond donors (Lipinski definition) is 4. The number of primary amides is 1. The minimum absolute atomic E-state index is 0. The molecule has 0 atom stereocenters. The number of amides is 1. The van der Waals surface area contributed by atoms with Gasteiger partial charge in [-0.15, -0.1) is 0 Å². The fraction of sp³-hybridized carbons (Fsp3) is 0.500. The Morgan fingerprint density at radius 2 is 1.27 bits per heavy atom. The third-order valence-electron chi connectivity index (χ3n) is 0. The van der Waals surface area contributed by atoms with Gasteiger partial charge in [0.1, 0.15) is 0 Å². The van der Waals surface area contributed by atoms with Crippen molar-refractivity contribution in [3.63, 3.8) is 0 Å². The molecule has 0 rings (SSSR count). The zero-order chi connectivity index (χ0) is 6.28. The maximum Gasteiger partial charge on any atom is 1.00 e. The van der Waals surface area contributed by atoms with Crippen molar-refractivity contribution in [2.75, 3.05) is 5.08 Å². The van der Waals surface area contributed by atoms with Gasteiger partial charge in [-0.2, -0.15) is 25.3 Å². The monoisotopic (exact) mass is 242 g/mol. The van der Waals surface area contributed by atoms with Gasteiger partial charge in [0.05, 0.1) is 0 Å². The molecule has 0 aromatic carbocycles. The van der Waals surface area contributed by atoms with E-state index >= 15 is 0 Å². The molecule has 0 aromatic heterocycles. The average molecular weight is 242 g/mol. The van der Waals surface area contributed by atoms with Crippen molar-refractivity contribution >= 4 is 44.8 Å². The second kappa shape index (κ2) is 37.7. The van der Waals surface area contributed by atoms with E-state index in [4.69, 9.17) is 9.90 Å². The second-order valence-electron chi connectivity index (χ2n) is 0.480. The first-order valence-electron chi connectivity index (χ1n) is 1.35. The number of carbonyl (C=O) groups is 1. The van der Waals surface area contributed by atoms with Crippen LogP contribution in [0.15, 0.2) is 0 Å². The van der Waals surface area contributed by atoms with Crippen LogP contribution < -0.4 is 94.4 Å². The molecule has 0 saturated carbocycles. The first kappa shape index (κ1) is 36.7. The fourth-order valence-electron chi connectivity index (χ4n) is 0. The Bertz CT molecular complexity index is 55.8. The molecule has 0 aromatic rings. The van der Waals surface area contributed by atoms with Crippen molar-refractivity contribution in [3.8, 4) is 0 Å². The summed E-state index contributed by atoms with van der Waals surface area (Å²) in [4.78, 5) is 8.78. The van der Waals surface area contributed by atoms with Crippen LogP contribution in [0, 0.1) is 0 Å². The van der Waals surface area contributed by atoms with E-state index in [0.717, 1.165) is 0 Å². The van der Waals surface area contributed by atoms with E-state index in [-0.39, 0.29) is 102 Å². The van der Waals surface area contributed by atoms with Gasteiger partial charge in [0.25, 0.3) is 0 Å². The van der Waals surface area contributed by atoms with Gasteiger partial charge in [0, 0.05) is 5.08 Å². The first-order chi connectivity index (χ1) is 3.15. The van der Waals surface area contributed by atoms with Crippen molar-refractivity contribution in [2.24, 2.45) is 5.73 Å². The molecule has 1 amide bonds. The Morgan fingerprint density at radius 3 is 1.27 bits per heavy atom. The SMILES string of the molecule is NC(=O)O.SCS.[Na+].[Na+].[Na+].[S-2]. The summed E-state index contributed by atoms with van der Waals surface area (Å²) in [7, 11) is 0. The van der Waals surface area contributed by atoms with E-state index in [2.05, 4.69) is 31.0 Å². The van der Waals surface area contributed by atoms with Crippen LogP contribution in [-0.2, 0) is 13.5 Å². The molecule has 3 N–H and O–H groups in total. The molecule has 0 saturated heterocycles. The number of hydrogen-bond acceptors (Lipinski definition) is 3. The van der Waals surface area contributed by atoms with Gasteiger partial charge in [-0.25, -0.2) is 4.79 Å². The van der Waals surface area contributed by atoms with Crippen LogP contribution in [0.3, 0.4) is 0 Å². The summed E-state index contributed by atoms with van der Waals surface area (Å²) in [6.07, 6.45) is -1.33. The Labute approximate surface area is 151 Å². The number of thiol groups is 2. The predicted molar refractivity (Wildman–Crippen MR) is 42.4 cm³/mol. The summed E-state index contributed by atoms with van der Waals surface area (Å²) in [6, 6.07) is 0. The predicted octanol–water partition coefficient (Wildman–Crippen LogP) is -8.56. The number of nitrogens with two attached hydrogens (primary N) is 1. The molecule has 0 spiro atoms. The first-order valence-corrected chi connectivity index (χ1v) is 2.61. The van der Waals surface area contributed by atoms with Gasteiger partial charge in [-0.1, -0.05) is 0 Å². The zero-order valence-electron chi connectivity index (χ0n) is 6.94.